The molecule has 0 bridgehead atoms. The summed E-state index contributed by atoms with van der Waals surface area (Å²) in [6, 6.07) is 8.32. The van der Waals surface area contributed by atoms with E-state index >= 15 is 0 Å². The molecule has 0 saturated heterocycles. The first-order chi connectivity index (χ1) is 15.1. The number of aliphatic hydroxyl groups excluding tert-OH is 2. The second-order valence-electron chi connectivity index (χ2n) is 9.80. The Morgan fingerprint density at radius 3 is 2.81 bits per heavy atom. The van der Waals surface area contributed by atoms with Crippen molar-refractivity contribution in [2.75, 3.05) is 13.1 Å². The van der Waals surface area contributed by atoms with Crippen LogP contribution in [0.25, 0.3) is 0 Å². The molecule has 0 aliphatic heterocycles. The summed E-state index contributed by atoms with van der Waals surface area (Å²) in [4.78, 5) is 0. The zero-order valence-corrected chi connectivity index (χ0v) is 19.6. The lowest BCUT2D eigenvalue weighted by Gasteiger charge is -2.19. The maximum Gasteiger partial charge on any atom is 0.0761 e. The summed E-state index contributed by atoms with van der Waals surface area (Å²) in [6.45, 7) is 6.62. The van der Waals surface area contributed by atoms with Crippen molar-refractivity contribution in [3.8, 4) is 0 Å². The summed E-state index contributed by atoms with van der Waals surface area (Å²) in [6.07, 6.45) is 15.9. The molecule has 0 unspecified atom stereocenters. The third-order valence-corrected chi connectivity index (χ3v) is 7.09. The zero-order chi connectivity index (χ0) is 22.1. The van der Waals surface area contributed by atoms with Crippen LogP contribution in [0.2, 0.25) is 0 Å². The van der Waals surface area contributed by atoms with Crippen LogP contribution in [0.3, 0.4) is 0 Å². The zero-order valence-electron chi connectivity index (χ0n) is 19.6. The van der Waals surface area contributed by atoms with Gasteiger partial charge >= 0.3 is 0 Å². The summed E-state index contributed by atoms with van der Waals surface area (Å²) in [5.41, 5.74) is 3.98. The Labute approximate surface area is 189 Å². The quantitative estimate of drug-likeness (QED) is 0.295. The molecule has 172 valence electrons. The molecule has 3 N–H and O–H groups in total. The number of benzene rings is 1. The fraction of sp³-hybridized carbons (Fsp3) is 0.643. The second kappa shape index (κ2) is 12.6. The minimum Gasteiger partial charge on any atom is -0.392 e. The van der Waals surface area contributed by atoms with E-state index in [0.29, 0.717) is 18.3 Å². The van der Waals surface area contributed by atoms with Gasteiger partial charge in [-0.2, -0.15) is 0 Å². The number of hydrogen-bond donors (Lipinski definition) is 3. The lowest BCUT2D eigenvalue weighted by molar-refractivity contribution is 0.140. The van der Waals surface area contributed by atoms with Crippen molar-refractivity contribution >= 4 is 0 Å². The first-order valence-electron chi connectivity index (χ1n) is 12.6. The first-order valence-corrected chi connectivity index (χ1v) is 12.6. The Bertz CT molecular complexity index is 725. The number of unbranched alkanes of at least 4 members (excludes halogenated alkanes) is 3. The van der Waals surface area contributed by atoms with Crippen molar-refractivity contribution < 1.29 is 10.2 Å². The van der Waals surface area contributed by atoms with Crippen LogP contribution < -0.4 is 5.32 Å². The number of allylic oxidation sites excluding steroid dienone is 2. The molecule has 0 spiro atoms. The van der Waals surface area contributed by atoms with Gasteiger partial charge in [0.25, 0.3) is 0 Å². The fourth-order valence-electron chi connectivity index (χ4n) is 5.40. The molecule has 1 fully saturated rings. The van der Waals surface area contributed by atoms with Crippen LogP contribution in [0.5, 0.6) is 0 Å². The van der Waals surface area contributed by atoms with Crippen molar-refractivity contribution in [1.82, 2.24) is 5.32 Å². The standard InChI is InChI=1S/C28H43NO2/c1-3-4-14-29-15-7-5-6-10-23-17-24-20-28(31)26(27(24)19-23)13-12-25(30)18-22-11-8-9-21(2)16-22/h8-9,11-13,16-17,24-31H,3-7,10,14-15,18-20H2,1-2H3/b13-12+/t24-,25-,26+,27-,28+/m0/s1. The van der Waals surface area contributed by atoms with E-state index < -0.39 is 6.10 Å². The molecule has 3 rings (SSSR count). The van der Waals surface area contributed by atoms with Crippen LogP contribution in [0.4, 0.5) is 0 Å². The van der Waals surface area contributed by atoms with Gasteiger partial charge < -0.3 is 15.5 Å². The van der Waals surface area contributed by atoms with Crippen molar-refractivity contribution in [3.63, 3.8) is 0 Å². The van der Waals surface area contributed by atoms with E-state index in [0.717, 1.165) is 31.5 Å². The van der Waals surface area contributed by atoms with Gasteiger partial charge in [0.15, 0.2) is 0 Å². The molecule has 3 nitrogen and oxygen atoms in total. The number of aryl methyl sites for hydroxylation is 1. The molecule has 0 aromatic heterocycles. The summed E-state index contributed by atoms with van der Waals surface area (Å²) < 4.78 is 0. The predicted octanol–water partition coefficient (Wildman–Crippen LogP) is 5.35. The maximum atomic E-state index is 10.6. The van der Waals surface area contributed by atoms with Crippen LogP contribution in [-0.2, 0) is 6.42 Å². The van der Waals surface area contributed by atoms with E-state index in [4.69, 9.17) is 0 Å². The third kappa shape index (κ3) is 7.59. The van der Waals surface area contributed by atoms with E-state index in [1.807, 2.05) is 12.1 Å². The Morgan fingerprint density at radius 1 is 1.16 bits per heavy atom. The van der Waals surface area contributed by atoms with Gasteiger partial charge in [-0.15, -0.1) is 0 Å². The lowest BCUT2D eigenvalue weighted by Crippen LogP contribution is -2.18. The molecule has 1 aromatic carbocycles. The highest BCUT2D eigenvalue weighted by Gasteiger charge is 2.43. The number of rotatable bonds is 13. The van der Waals surface area contributed by atoms with Gasteiger partial charge in [0.05, 0.1) is 12.2 Å². The normalized spacial score (nSPS) is 26.4. The molecule has 1 saturated carbocycles. The highest BCUT2D eigenvalue weighted by molar-refractivity contribution is 5.24. The van der Waals surface area contributed by atoms with E-state index in [9.17, 15) is 10.2 Å². The van der Waals surface area contributed by atoms with Crippen LogP contribution >= 0.6 is 0 Å². The summed E-state index contributed by atoms with van der Waals surface area (Å²) >= 11 is 0. The fourth-order valence-corrected chi connectivity index (χ4v) is 5.40. The molecular weight excluding hydrogens is 382 g/mol. The monoisotopic (exact) mass is 425 g/mol. The van der Waals surface area contributed by atoms with Crippen LogP contribution in [0, 0.1) is 24.7 Å². The molecule has 2 aliphatic rings. The molecular formula is C28H43NO2. The SMILES string of the molecule is CCCCNCCCCCC1=C[C@H]2C[C@@H](O)[C@H](/C=C/[C@H](O)Cc3cccc(C)c3)[C@H]2C1. The molecule has 1 aromatic rings. The Morgan fingerprint density at radius 2 is 2.00 bits per heavy atom. The van der Waals surface area contributed by atoms with Crippen molar-refractivity contribution in [2.24, 2.45) is 17.8 Å². The smallest absolute Gasteiger partial charge is 0.0761 e. The number of nitrogens with one attached hydrogen (secondary N) is 1. The first kappa shape index (κ1) is 24.2. The largest absolute Gasteiger partial charge is 0.392 e. The Hall–Kier alpha value is -1.42. The van der Waals surface area contributed by atoms with Crippen LogP contribution in [-0.4, -0.2) is 35.5 Å². The topological polar surface area (TPSA) is 52.5 Å². The lowest BCUT2D eigenvalue weighted by atomic mass is 9.88. The Kier molecular flexibility index (Phi) is 9.83. The van der Waals surface area contributed by atoms with Crippen LogP contribution in [0.15, 0.2) is 48.1 Å². The summed E-state index contributed by atoms with van der Waals surface area (Å²) in [5.74, 6) is 1.21. The highest BCUT2D eigenvalue weighted by atomic mass is 16.3. The van der Waals surface area contributed by atoms with Gasteiger partial charge in [0.2, 0.25) is 0 Å². The van der Waals surface area contributed by atoms with Crippen molar-refractivity contribution in [3.05, 3.63) is 59.2 Å². The van der Waals surface area contributed by atoms with Gasteiger partial charge in [0.1, 0.15) is 0 Å². The van der Waals surface area contributed by atoms with E-state index in [1.165, 1.54) is 44.1 Å². The van der Waals surface area contributed by atoms with Gasteiger partial charge in [-0.25, -0.2) is 0 Å². The average molecular weight is 426 g/mol. The van der Waals surface area contributed by atoms with Gasteiger partial charge in [-0.3, -0.25) is 0 Å². The van der Waals surface area contributed by atoms with Crippen molar-refractivity contribution in [1.29, 1.82) is 0 Å². The third-order valence-electron chi connectivity index (χ3n) is 7.09. The maximum absolute atomic E-state index is 10.6. The molecule has 31 heavy (non-hydrogen) atoms. The van der Waals surface area contributed by atoms with Gasteiger partial charge in [0, 0.05) is 12.3 Å². The summed E-state index contributed by atoms with van der Waals surface area (Å²) in [5, 5.41) is 24.6. The molecule has 0 amide bonds. The molecule has 0 heterocycles. The Balaban J connectivity index is 1.39. The predicted molar refractivity (Wildman–Crippen MR) is 130 cm³/mol. The summed E-state index contributed by atoms with van der Waals surface area (Å²) in [7, 11) is 0. The van der Waals surface area contributed by atoms with Gasteiger partial charge in [-0.1, -0.05) is 73.4 Å². The number of hydrogen-bond acceptors (Lipinski definition) is 3. The van der Waals surface area contributed by atoms with Crippen molar-refractivity contribution in [2.45, 2.75) is 83.8 Å². The average Bonchev–Trinajstić information content (AvgIpc) is 3.24. The molecule has 2 aliphatic carbocycles. The minimum atomic E-state index is -0.493. The second-order valence-corrected chi connectivity index (χ2v) is 9.80. The molecule has 0 radical (unpaired) electrons. The number of aliphatic hydroxyl groups is 2. The molecule has 3 heteroatoms. The van der Waals surface area contributed by atoms with E-state index in [-0.39, 0.29) is 12.0 Å². The minimum absolute atomic E-state index is 0.175. The van der Waals surface area contributed by atoms with Crippen LogP contribution in [0.1, 0.15) is 69.4 Å². The van der Waals surface area contributed by atoms with E-state index in [2.05, 4.69) is 49.5 Å². The van der Waals surface area contributed by atoms with E-state index in [1.54, 1.807) is 5.57 Å². The highest BCUT2D eigenvalue weighted by Crippen LogP contribution is 2.48. The number of fused-ring (bicyclic) bond motifs is 1. The molecule has 5 atom stereocenters. The van der Waals surface area contributed by atoms with Gasteiger partial charge in [-0.05, 0) is 75.9 Å².